The van der Waals surface area contributed by atoms with Gasteiger partial charge in [0.15, 0.2) is 6.61 Å². The van der Waals surface area contributed by atoms with Gasteiger partial charge in [-0.15, -0.1) is 0 Å². The number of rotatable bonds is 7. The van der Waals surface area contributed by atoms with Gasteiger partial charge in [-0.3, -0.25) is 9.59 Å². The Morgan fingerprint density at radius 1 is 0.741 bits per heavy atom. The molecule has 0 aliphatic carbocycles. The molecule has 0 bridgehead atoms. The molecule has 4 nitrogen and oxygen atoms in total. The van der Waals surface area contributed by atoms with Crippen LogP contribution in [0.15, 0.2) is 91.0 Å². The summed E-state index contributed by atoms with van der Waals surface area (Å²) in [5.41, 5.74) is 2.74. The summed E-state index contributed by atoms with van der Waals surface area (Å²) < 4.78 is 5.20. The number of anilines is 1. The summed E-state index contributed by atoms with van der Waals surface area (Å²) in [4.78, 5) is 24.3. The molecule has 0 unspecified atom stereocenters. The molecule has 27 heavy (non-hydrogen) atoms. The number of para-hydroxylation sites is 1. The highest BCUT2D eigenvalue weighted by molar-refractivity contribution is 5.92. The summed E-state index contributed by atoms with van der Waals surface area (Å²) >= 11 is 0. The maximum absolute atomic E-state index is 12.4. The van der Waals surface area contributed by atoms with Crippen LogP contribution in [-0.4, -0.2) is 18.5 Å². The fourth-order valence-electron chi connectivity index (χ4n) is 2.89. The van der Waals surface area contributed by atoms with Gasteiger partial charge in [-0.1, -0.05) is 78.9 Å². The Hall–Kier alpha value is -3.40. The molecule has 136 valence electrons. The van der Waals surface area contributed by atoms with Crippen molar-refractivity contribution in [2.24, 2.45) is 0 Å². The largest absolute Gasteiger partial charge is 0.456 e. The lowest BCUT2D eigenvalue weighted by Gasteiger charge is -2.17. The highest BCUT2D eigenvalue weighted by atomic mass is 16.5. The average Bonchev–Trinajstić information content (AvgIpc) is 2.72. The Bertz CT molecular complexity index is 824. The van der Waals surface area contributed by atoms with Crippen LogP contribution in [0, 0.1) is 0 Å². The molecule has 0 radical (unpaired) electrons. The molecule has 1 amide bonds. The van der Waals surface area contributed by atoms with E-state index in [9.17, 15) is 9.59 Å². The molecule has 3 rings (SSSR count). The highest BCUT2D eigenvalue weighted by Crippen LogP contribution is 2.28. The standard InChI is InChI=1S/C23H21NO3/c25-22(24-20-14-8-3-9-15-20)17-27-23(26)16-21(18-10-4-1-5-11-18)19-12-6-2-7-13-19/h1-15,21H,16-17H2,(H,24,25). The normalized spacial score (nSPS) is 10.4. The zero-order valence-electron chi connectivity index (χ0n) is 14.9. The van der Waals surface area contributed by atoms with Crippen molar-refractivity contribution < 1.29 is 14.3 Å². The predicted molar refractivity (Wildman–Crippen MR) is 105 cm³/mol. The first-order chi connectivity index (χ1) is 13.2. The number of ether oxygens (including phenoxy) is 1. The molecule has 0 saturated carbocycles. The molecular weight excluding hydrogens is 338 g/mol. The third-order valence-corrected chi connectivity index (χ3v) is 4.20. The van der Waals surface area contributed by atoms with E-state index < -0.39 is 5.97 Å². The van der Waals surface area contributed by atoms with Crippen LogP contribution in [0.2, 0.25) is 0 Å². The van der Waals surface area contributed by atoms with E-state index in [-0.39, 0.29) is 24.9 Å². The summed E-state index contributed by atoms with van der Waals surface area (Å²) in [6, 6.07) is 28.7. The van der Waals surface area contributed by atoms with E-state index in [0.29, 0.717) is 5.69 Å². The second-order valence-electron chi connectivity index (χ2n) is 6.15. The lowest BCUT2D eigenvalue weighted by Crippen LogP contribution is -2.21. The highest BCUT2D eigenvalue weighted by Gasteiger charge is 2.19. The average molecular weight is 359 g/mol. The quantitative estimate of drug-likeness (QED) is 0.637. The summed E-state index contributed by atoms with van der Waals surface area (Å²) in [5, 5.41) is 2.70. The maximum atomic E-state index is 12.4. The van der Waals surface area contributed by atoms with Gasteiger partial charge in [-0.2, -0.15) is 0 Å². The third-order valence-electron chi connectivity index (χ3n) is 4.20. The van der Waals surface area contributed by atoms with Gasteiger partial charge in [0, 0.05) is 11.6 Å². The first-order valence-corrected chi connectivity index (χ1v) is 8.83. The number of hydrogen-bond donors (Lipinski definition) is 1. The SMILES string of the molecule is O=C(COC(=O)CC(c1ccccc1)c1ccccc1)Nc1ccccc1. The molecule has 1 N–H and O–H groups in total. The van der Waals surface area contributed by atoms with Crippen LogP contribution in [0.3, 0.4) is 0 Å². The van der Waals surface area contributed by atoms with Gasteiger partial charge in [0.25, 0.3) is 5.91 Å². The number of carbonyl (C=O) groups excluding carboxylic acids is 2. The van der Waals surface area contributed by atoms with Crippen LogP contribution in [0.4, 0.5) is 5.69 Å². The Morgan fingerprint density at radius 3 is 1.74 bits per heavy atom. The van der Waals surface area contributed by atoms with Crippen molar-refractivity contribution in [2.45, 2.75) is 12.3 Å². The number of carbonyl (C=O) groups is 2. The fraction of sp³-hybridized carbons (Fsp3) is 0.130. The third kappa shape index (κ3) is 5.54. The predicted octanol–water partition coefficient (Wildman–Crippen LogP) is 4.39. The smallest absolute Gasteiger partial charge is 0.307 e. The van der Waals surface area contributed by atoms with Crippen molar-refractivity contribution in [1.82, 2.24) is 0 Å². The lowest BCUT2D eigenvalue weighted by atomic mass is 9.89. The summed E-state index contributed by atoms with van der Waals surface area (Å²) in [6.45, 7) is -0.302. The zero-order chi connectivity index (χ0) is 18.9. The molecule has 0 fully saturated rings. The molecule has 0 aliphatic heterocycles. The molecule has 0 saturated heterocycles. The van der Waals surface area contributed by atoms with Crippen molar-refractivity contribution in [2.75, 3.05) is 11.9 Å². The van der Waals surface area contributed by atoms with Crippen LogP contribution >= 0.6 is 0 Å². The monoisotopic (exact) mass is 359 g/mol. The molecule has 0 spiro atoms. The molecule has 3 aromatic rings. The summed E-state index contributed by atoms with van der Waals surface area (Å²) in [5.74, 6) is -0.876. The Labute approximate surface area is 158 Å². The lowest BCUT2D eigenvalue weighted by molar-refractivity contribution is -0.147. The summed E-state index contributed by atoms with van der Waals surface area (Å²) in [6.07, 6.45) is 0.173. The minimum absolute atomic E-state index is 0.114. The van der Waals surface area contributed by atoms with Crippen LogP contribution in [0.25, 0.3) is 0 Å². The van der Waals surface area contributed by atoms with Gasteiger partial charge in [-0.05, 0) is 23.3 Å². The van der Waals surface area contributed by atoms with E-state index in [1.807, 2.05) is 78.9 Å². The Morgan fingerprint density at radius 2 is 1.22 bits per heavy atom. The summed E-state index contributed by atoms with van der Waals surface area (Å²) in [7, 11) is 0. The molecule has 0 aromatic heterocycles. The molecule has 0 atom stereocenters. The van der Waals surface area contributed by atoms with E-state index in [0.717, 1.165) is 11.1 Å². The number of esters is 1. The van der Waals surface area contributed by atoms with Crippen molar-refractivity contribution in [3.05, 3.63) is 102 Å². The first-order valence-electron chi connectivity index (χ1n) is 8.83. The molecule has 0 heterocycles. The van der Waals surface area contributed by atoms with Crippen LogP contribution in [0.1, 0.15) is 23.5 Å². The number of nitrogens with one attached hydrogen (secondary N) is 1. The molecule has 4 heteroatoms. The van der Waals surface area contributed by atoms with E-state index in [1.54, 1.807) is 12.1 Å². The van der Waals surface area contributed by atoms with E-state index in [1.165, 1.54) is 0 Å². The maximum Gasteiger partial charge on any atom is 0.307 e. The van der Waals surface area contributed by atoms with Crippen LogP contribution in [0.5, 0.6) is 0 Å². The zero-order valence-corrected chi connectivity index (χ0v) is 14.9. The van der Waals surface area contributed by atoms with E-state index in [4.69, 9.17) is 4.74 Å². The topological polar surface area (TPSA) is 55.4 Å². The van der Waals surface area contributed by atoms with Crippen molar-refractivity contribution in [1.29, 1.82) is 0 Å². The Balaban J connectivity index is 1.60. The number of benzene rings is 3. The fourth-order valence-corrected chi connectivity index (χ4v) is 2.89. The van der Waals surface area contributed by atoms with Gasteiger partial charge in [0.1, 0.15) is 0 Å². The Kier molecular flexibility index (Phi) is 6.36. The minimum Gasteiger partial charge on any atom is -0.456 e. The second-order valence-corrected chi connectivity index (χ2v) is 6.15. The van der Waals surface area contributed by atoms with E-state index in [2.05, 4.69) is 5.32 Å². The van der Waals surface area contributed by atoms with Crippen molar-refractivity contribution in [3.63, 3.8) is 0 Å². The second kappa shape index (κ2) is 9.34. The van der Waals surface area contributed by atoms with Gasteiger partial charge in [0.2, 0.25) is 0 Å². The molecular formula is C23H21NO3. The van der Waals surface area contributed by atoms with Gasteiger partial charge < -0.3 is 10.1 Å². The molecule has 3 aromatic carbocycles. The molecule has 0 aliphatic rings. The minimum atomic E-state index is -0.407. The van der Waals surface area contributed by atoms with Crippen LogP contribution < -0.4 is 5.32 Å². The van der Waals surface area contributed by atoms with Crippen molar-refractivity contribution >= 4 is 17.6 Å². The van der Waals surface area contributed by atoms with Crippen LogP contribution in [-0.2, 0) is 14.3 Å². The van der Waals surface area contributed by atoms with Gasteiger partial charge in [-0.25, -0.2) is 0 Å². The first kappa shape index (κ1) is 18.4. The van der Waals surface area contributed by atoms with E-state index >= 15 is 0 Å². The number of amides is 1. The van der Waals surface area contributed by atoms with Gasteiger partial charge >= 0.3 is 5.97 Å². The van der Waals surface area contributed by atoms with Crippen molar-refractivity contribution in [3.8, 4) is 0 Å². The number of hydrogen-bond acceptors (Lipinski definition) is 3. The van der Waals surface area contributed by atoms with Gasteiger partial charge in [0.05, 0.1) is 6.42 Å².